The lowest BCUT2D eigenvalue weighted by molar-refractivity contribution is -0.123. The van der Waals surface area contributed by atoms with Gasteiger partial charge in [0.1, 0.15) is 11.6 Å². The van der Waals surface area contributed by atoms with E-state index < -0.39 is 11.1 Å². The minimum atomic E-state index is -0.417. The highest BCUT2D eigenvalue weighted by Crippen LogP contribution is 2.34. The van der Waals surface area contributed by atoms with Gasteiger partial charge in [-0.3, -0.25) is 19.3 Å². The molecular weight excluding hydrogens is 559 g/mol. The minimum absolute atomic E-state index is 0.0663. The summed E-state index contributed by atoms with van der Waals surface area (Å²) in [6, 6.07) is 17.5. The number of benzene rings is 3. The number of carbonyl (C=O) groups is 3. The Morgan fingerprint density at radius 3 is 2.49 bits per heavy atom. The average molecular weight is 576 g/mol. The summed E-state index contributed by atoms with van der Waals surface area (Å²) in [6.07, 6.45) is 1.61. The lowest BCUT2D eigenvalue weighted by Crippen LogP contribution is -2.27. The quantitative estimate of drug-likeness (QED) is 0.326. The summed E-state index contributed by atoms with van der Waals surface area (Å²) in [7, 11) is 0. The number of hydrogen-bond donors (Lipinski definition) is 1. The molecule has 0 saturated carbocycles. The van der Waals surface area contributed by atoms with Crippen molar-refractivity contribution in [1.82, 2.24) is 4.90 Å². The molecule has 1 aliphatic heterocycles. The molecular formula is C25H17BrClFN2O4S. The van der Waals surface area contributed by atoms with Crippen LogP contribution in [0.3, 0.4) is 0 Å². The van der Waals surface area contributed by atoms with E-state index in [2.05, 4.69) is 21.2 Å². The normalized spacial score (nSPS) is 14.5. The molecule has 0 bridgehead atoms. The second-order valence-electron chi connectivity index (χ2n) is 7.43. The molecule has 0 atom stereocenters. The molecule has 0 radical (unpaired) electrons. The number of rotatable bonds is 7. The van der Waals surface area contributed by atoms with Crippen LogP contribution in [0, 0.1) is 5.82 Å². The number of ether oxygens (including phenoxy) is 1. The predicted octanol–water partition coefficient (Wildman–Crippen LogP) is 6.50. The molecule has 1 heterocycles. The average Bonchev–Trinajstić information content (AvgIpc) is 3.08. The van der Waals surface area contributed by atoms with Crippen molar-refractivity contribution in [3.05, 3.63) is 98.1 Å². The maximum atomic E-state index is 13.1. The summed E-state index contributed by atoms with van der Waals surface area (Å²) in [5, 5.41) is 2.89. The van der Waals surface area contributed by atoms with Crippen molar-refractivity contribution in [2.45, 2.75) is 6.54 Å². The van der Waals surface area contributed by atoms with Crippen LogP contribution in [0.5, 0.6) is 5.75 Å². The van der Waals surface area contributed by atoms with E-state index in [1.807, 2.05) is 0 Å². The first kappa shape index (κ1) is 25.0. The topological polar surface area (TPSA) is 75.7 Å². The largest absolute Gasteiger partial charge is 0.483 e. The van der Waals surface area contributed by atoms with Crippen LogP contribution in [-0.2, 0) is 16.1 Å². The highest BCUT2D eigenvalue weighted by Gasteiger charge is 2.35. The third-order valence-corrected chi connectivity index (χ3v) is 6.65. The Labute approximate surface area is 218 Å². The molecule has 10 heteroatoms. The summed E-state index contributed by atoms with van der Waals surface area (Å²) >= 11 is 10.1. The molecule has 1 N–H and O–H groups in total. The van der Waals surface area contributed by atoms with Gasteiger partial charge in [0.2, 0.25) is 0 Å². The number of halogens is 3. The molecule has 1 saturated heterocycles. The van der Waals surface area contributed by atoms with Gasteiger partial charge < -0.3 is 10.1 Å². The number of thioether (sulfide) groups is 1. The van der Waals surface area contributed by atoms with E-state index in [0.717, 1.165) is 16.7 Å². The summed E-state index contributed by atoms with van der Waals surface area (Å²) in [5.41, 5.74) is 1.92. The first-order chi connectivity index (χ1) is 16.8. The van der Waals surface area contributed by atoms with Gasteiger partial charge in [-0.1, -0.05) is 29.8 Å². The van der Waals surface area contributed by atoms with E-state index in [4.69, 9.17) is 16.3 Å². The Morgan fingerprint density at radius 2 is 1.80 bits per heavy atom. The highest BCUT2D eigenvalue weighted by molar-refractivity contribution is 9.10. The van der Waals surface area contributed by atoms with E-state index in [9.17, 15) is 18.8 Å². The molecule has 3 aromatic carbocycles. The monoisotopic (exact) mass is 574 g/mol. The fourth-order valence-corrected chi connectivity index (χ4v) is 4.63. The van der Waals surface area contributed by atoms with Crippen LogP contribution in [0.2, 0.25) is 5.02 Å². The maximum absolute atomic E-state index is 13.1. The van der Waals surface area contributed by atoms with Crippen molar-refractivity contribution in [3.63, 3.8) is 0 Å². The summed E-state index contributed by atoms with van der Waals surface area (Å²) < 4.78 is 19.3. The highest BCUT2D eigenvalue weighted by atomic mass is 79.9. The Bertz CT molecular complexity index is 1320. The number of imide groups is 1. The Hall–Kier alpha value is -3.14. The summed E-state index contributed by atoms with van der Waals surface area (Å²) in [4.78, 5) is 38.6. The van der Waals surface area contributed by atoms with Crippen LogP contribution in [0.4, 0.5) is 14.9 Å². The van der Waals surface area contributed by atoms with Gasteiger partial charge in [0.15, 0.2) is 6.61 Å². The minimum Gasteiger partial charge on any atom is -0.483 e. The smallest absolute Gasteiger partial charge is 0.293 e. The van der Waals surface area contributed by atoms with Gasteiger partial charge >= 0.3 is 0 Å². The van der Waals surface area contributed by atoms with Gasteiger partial charge in [-0.15, -0.1) is 0 Å². The predicted molar refractivity (Wildman–Crippen MR) is 138 cm³/mol. The number of carbonyl (C=O) groups excluding carboxylic acids is 3. The van der Waals surface area contributed by atoms with Crippen LogP contribution in [0.25, 0.3) is 6.08 Å². The van der Waals surface area contributed by atoms with Crippen LogP contribution in [-0.4, -0.2) is 28.6 Å². The summed E-state index contributed by atoms with van der Waals surface area (Å²) in [6.45, 7) is -0.139. The first-order valence-corrected chi connectivity index (χ1v) is 12.2. The van der Waals surface area contributed by atoms with Crippen molar-refractivity contribution >= 4 is 68.1 Å². The van der Waals surface area contributed by atoms with E-state index in [-0.39, 0.29) is 29.8 Å². The Morgan fingerprint density at radius 1 is 1.09 bits per heavy atom. The molecule has 0 spiro atoms. The second-order valence-corrected chi connectivity index (χ2v) is 9.71. The molecule has 0 aliphatic carbocycles. The van der Waals surface area contributed by atoms with Crippen molar-refractivity contribution < 1.29 is 23.5 Å². The molecule has 35 heavy (non-hydrogen) atoms. The Balaban J connectivity index is 1.37. The fraction of sp³-hybridized carbons (Fsp3) is 0.0800. The van der Waals surface area contributed by atoms with Crippen LogP contribution in [0.1, 0.15) is 11.1 Å². The van der Waals surface area contributed by atoms with Crippen molar-refractivity contribution in [3.8, 4) is 5.75 Å². The maximum Gasteiger partial charge on any atom is 0.293 e. The van der Waals surface area contributed by atoms with E-state index in [1.54, 1.807) is 48.5 Å². The number of nitrogens with zero attached hydrogens (tertiary/aromatic N) is 1. The van der Waals surface area contributed by atoms with Crippen LogP contribution < -0.4 is 10.1 Å². The van der Waals surface area contributed by atoms with Gasteiger partial charge in [-0.25, -0.2) is 4.39 Å². The lowest BCUT2D eigenvalue weighted by Gasteiger charge is -2.12. The summed E-state index contributed by atoms with van der Waals surface area (Å²) in [5.74, 6) is -0.696. The Kier molecular flexibility index (Phi) is 7.90. The molecule has 3 amide bonds. The zero-order valence-electron chi connectivity index (χ0n) is 18.0. The van der Waals surface area contributed by atoms with E-state index >= 15 is 0 Å². The second kappa shape index (κ2) is 11.1. The number of nitrogens with one attached hydrogen (secondary N) is 1. The third kappa shape index (κ3) is 6.50. The lowest BCUT2D eigenvalue weighted by atomic mass is 10.2. The van der Waals surface area contributed by atoms with Gasteiger partial charge in [0.05, 0.1) is 15.9 Å². The SMILES string of the molecule is O=C(COc1ccc(/C=C2\SC(=O)N(Cc3ccc(F)cc3)C2=O)cc1Br)Nc1ccc(Cl)cc1. The van der Waals surface area contributed by atoms with Crippen LogP contribution in [0.15, 0.2) is 76.1 Å². The zero-order chi connectivity index (χ0) is 24.9. The number of hydrogen-bond acceptors (Lipinski definition) is 5. The van der Waals surface area contributed by atoms with E-state index in [0.29, 0.717) is 32.1 Å². The molecule has 6 nitrogen and oxygen atoms in total. The molecule has 3 aromatic rings. The zero-order valence-corrected chi connectivity index (χ0v) is 21.1. The first-order valence-electron chi connectivity index (χ1n) is 10.3. The molecule has 4 rings (SSSR count). The molecule has 178 valence electrons. The van der Waals surface area contributed by atoms with Gasteiger partial charge in [0.25, 0.3) is 17.1 Å². The van der Waals surface area contributed by atoms with Gasteiger partial charge in [0, 0.05) is 10.7 Å². The van der Waals surface area contributed by atoms with Gasteiger partial charge in [-0.05, 0) is 93.4 Å². The van der Waals surface area contributed by atoms with Gasteiger partial charge in [-0.2, -0.15) is 0 Å². The number of amides is 3. The number of anilines is 1. The molecule has 1 fully saturated rings. The van der Waals surface area contributed by atoms with Crippen molar-refractivity contribution in [2.75, 3.05) is 11.9 Å². The molecule has 0 aromatic heterocycles. The standard InChI is InChI=1S/C25H17BrClFN2O4S/c26-20-11-16(3-10-21(20)34-14-23(31)29-19-8-4-17(27)5-9-19)12-22-24(32)30(25(33)35-22)13-15-1-6-18(28)7-2-15/h1-12H,13-14H2,(H,29,31)/b22-12-. The van der Waals surface area contributed by atoms with E-state index in [1.165, 1.54) is 24.3 Å². The third-order valence-electron chi connectivity index (χ3n) is 4.87. The van der Waals surface area contributed by atoms with Crippen molar-refractivity contribution in [2.24, 2.45) is 0 Å². The molecule has 0 unspecified atom stereocenters. The van der Waals surface area contributed by atoms with Crippen LogP contribution >= 0.6 is 39.3 Å². The van der Waals surface area contributed by atoms with Crippen molar-refractivity contribution in [1.29, 1.82) is 0 Å². The fourth-order valence-electron chi connectivity index (χ4n) is 3.16. The molecule has 1 aliphatic rings.